The summed E-state index contributed by atoms with van der Waals surface area (Å²) in [4.78, 5) is 28.0. The number of carboxylic acid groups (broad SMARTS) is 1. The predicted molar refractivity (Wildman–Crippen MR) is 105 cm³/mol. The lowest BCUT2D eigenvalue weighted by molar-refractivity contribution is 0.0696. The van der Waals surface area contributed by atoms with Gasteiger partial charge < -0.3 is 15.2 Å². The Labute approximate surface area is 170 Å². The number of aromatic nitrogens is 1. The lowest BCUT2D eigenvalue weighted by Gasteiger charge is -2.16. The Morgan fingerprint density at radius 2 is 1.93 bits per heavy atom. The van der Waals surface area contributed by atoms with E-state index in [4.69, 9.17) is 21.4 Å². The summed E-state index contributed by atoms with van der Waals surface area (Å²) in [5, 5.41) is 12.1. The SMILES string of the molecule is C[C@H](NC(=O)c1cc(Cl)cnc1Oc1cccc(F)c1)c1cccc(C(=O)O)c1. The first kappa shape index (κ1) is 20.3. The number of nitrogens with zero attached hydrogens (tertiary/aromatic N) is 1. The zero-order valence-corrected chi connectivity index (χ0v) is 16.0. The summed E-state index contributed by atoms with van der Waals surface area (Å²) in [5.41, 5.74) is 0.784. The van der Waals surface area contributed by atoms with Crippen LogP contribution in [-0.4, -0.2) is 22.0 Å². The van der Waals surface area contributed by atoms with Crippen molar-refractivity contribution in [3.8, 4) is 11.6 Å². The first-order valence-corrected chi connectivity index (χ1v) is 8.94. The third-order valence-electron chi connectivity index (χ3n) is 4.05. The predicted octanol–water partition coefficient (Wildman–Crippen LogP) is 4.86. The monoisotopic (exact) mass is 414 g/mol. The molecule has 6 nitrogen and oxygen atoms in total. The van der Waals surface area contributed by atoms with Gasteiger partial charge in [-0.3, -0.25) is 4.79 Å². The van der Waals surface area contributed by atoms with E-state index in [1.54, 1.807) is 19.1 Å². The van der Waals surface area contributed by atoms with Gasteiger partial charge in [0.25, 0.3) is 5.91 Å². The van der Waals surface area contributed by atoms with Crippen molar-refractivity contribution < 1.29 is 23.8 Å². The minimum Gasteiger partial charge on any atom is -0.478 e. The van der Waals surface area contributed by atoms with Gasteiger partial charge >= 0.3 is 5.97 Å². The van der Waals surface area contributed by atoms with Crippen molar-refractivity contribution >= 4 is 23.5 Å². The van der Waals surface area contributed by atoms with Crippen LogP contribution in [0, 0.1) is 5.82 Å². The Kier molecular flexibility index (Phi) is 6.09. The molecule has 0 fully saturated rings. The van der Waals surface area contributed by atoms with Gasteiger partial charge in [0.05, 0.1) is 16.6 Å². The number of benzene rings is 2. The van der Waals surface area contributed by atoms with E-state index in [2.05, 4.69) is 10.3 Å². The average molecular weight is 415 g/mol. The van der Waals surface area contributed by atoms with Gasteiger partial charge in [-0.25, -0.2) is 14.2 Å². The molecule has 1 atom stereocenters. The molecule has 2 N–H and O–H groups in total. The molecule has 29 heavy (non-hydrogen) atoms. The second-order valence-corrected chi connectivity index (χ2v) is 6.63. The van der Waals surface area contributed by atoms with Crippen LogP contribution in [0.3, 0.4) is 0 Å². The fourth-order valence-corrected chi connectivity index (χ4v) is 2.77. The van der Waals surface area contributed by atoms with Crippen LogP contribution in [0.15, 0.2) is 60.8 Å². The fourth-order valence-electron chi connectivity index (χ4n) is 2.61. The van der Waals surface area contributed by atoms with E-state index in [0.717, 1.165) is 6.07 Å². The Bertz CT molecular complexity index is 1070. The molecule has 3 rings (SSSR count). The number of nitrogens with one attached hydrogen (secondary N) is 1. The number of rotatable bonds is 6. The van der Waals surface area contributed by atoms with Crippen molar-refractivity contribution in [1.82, 2.24) is 10.3 Å². The fraction of sp³-hybridized carbons (Fsp3) is 0.0952. The van der Waals surface area contributed by atoms with Gasteiger partial charge in [0.15, 0.2) is 0 Å². The van der Waals surface area contributed by atoms with Crippen molar-refractivity contribution in [3.63, 3.8) is 0 Å². The van der Waals surface area contributed by atoms with E-state index < -0.39 is 23.7 Å². The molecule has 3 aromatic rings. The average Bonchev–Trinajstić information content (AvgIpc) is 2.69. The number of halogens is 2. The Morgan fingerprint density at radius 1 is 1.17 bits per heavy atom. The van der Waals surface area contributed by atoms with E-state index in [-0.39, 0.29) is 27.8 Å². The van der Waals surface area contributed by atoms with Gasteiger partial charge in [-0.15, -0.1) is 0 Å². The number of hydrogen-bond acceptors (Lipinski definition) is 4. The lowest BCUT2D eigenvalue weighted by Crippen LogP contribution is -2.27. The van der Waals surface area contributed by atoms with Crippen molar-refractivity contribution in [2.75, 3.05) is 0 Å². The van der Waals surface area contributed by atoms with E-state index in [1.165, 1.54) is 42.6 Å². The van der Waals surface area contributed by atoms with Crippen LogP contribution in [-0.2, 0) is 0 Å². The van der Waals surface area contributed by atoms with Crippen LogP contribution in [0.25, 0.3) is 0 Å². The van der Waals surface area contributed by atoms with Crippen molar-refractivity contribution in [2.24, 2.45) is 0 Å². The summed E-state index contributed by atoms with van der Waals surface area (Å²) in [5.74, 6) is -1.94. The highest BCUT2D eigenvalue weighted by Crippen LogP contribution is 2.26. The van der Waals surface area contributed by atoms with E-state index in [9.17, 15) is 14.0 Å². The van der Waals surface area contributed by atoms with E-state index >= 15 is 0 Å². The summed E-state index contributed by atoms with van der Waals surface area (Å²) in [6, 6.07) is 12.6. The zero-order valence-electron chi connectivity index (χ0n) is 15.2. The van der Waals surface area contributed by atoms with Gasteiger partial charge in [-0.1, -0.05) is 29.8 Å². The Hall–Kier alpha value is -3.45. The molecule has 1 amide bonds. The second kappa shape index (κ2) is 8.70. The number of pyridine rings is 1. The van der Waals surface area contributed by atoms with Gasteiger partial charge in [0, 0.05) is 12.3 Å². The molecular weight excluding hydrogens is 399 g/mol. The number of carbonyl (C=O) groups is 2. The summed E-state index contributed by atoms with van der Waals surface area (Å²) in [7, 11) is 0. The van der Waals surface area contributed by atoms with E-state index in [1.807, 2.05) is 0 Å². The van der Waals surface area contributed by atoms with Gasteiger partial charge in [-0.05, 0) is 42.8 Å². The van der Waals surface area contributed by atoms with Crippen LogP contribution in [0.4, 0.5) is 4.39 Å². The molecule has 1 aromatic heterocycles. The number of carboxylic acids is 1. The molecule has 8 heteroatoms. The van der Waals surface area contributed by atoms with Crippen LogP contribution >= 0.6 is 11.6 Å². The topological polar surface area (TPSA) is 88.5 Å². The highest BCUT2D eigenvalue weighted by atomic mass is 35.5. The van der Waals surface area contributed by atoms with Gasteiger partial charge in [0.2, 0.25) is 5.88 Å². The molecule has 0 spiro atoms. The van der Waals surface area contributed by atoms with Crippen molar-refractivity contribution in [2.45, 2.75) is 13.0 Å². The van der Waals surface area contributed by atoms with Crippen LogP contribution in [0.5, 0.6) is 11.6 Å². The zero-order chi connectivity index (χ0) is 21.0. The molecule has 0 saturated carbocycles. The summed E-state index contributed by atoms with van der Waals surface area (Å²) in [6.45, 7) is 1.71. The van der Waals surface area contributed by atoms with Gasteiger partial charge in [0.1, 0.15) is 17.1 Å². The molecule has 0 aliphatic heterocycles. The maximum atomic E-state index is 13.4. The van der Waals surface area contributed by atoms with Crippen LogP contribution in [0.2, 0.25) is 5.02 Å². The number of hydrogen-bond donors (Lipinski definition) is 2. The maximum absolute atomic E-state index is 13.4. The number of aromatic carboxylic acids is 1. The van der Waals surface area contributed by atoms with Crippen LogP contribution < -0.4 is 10.1 Å². The molecule has 0 saturated heterocycles. The molecule has 2 aromatic carbocycles. The lowest BCUT2D eigenvalue weighted by atomic mass is 10.0. The number of amides is 1. The molecule has 0 aliphatic rings. The second-order valence-electron chi connectivity index (χ2n) is 6.19. The molecule has 0 aliphatic carbocycles. The van der Waals surface area contributed by atoms with E-state index in [0.29, 0.717) is 5.56 Å². The number of ether oxygens (including phenoxy) is 1. The highest BCUT2D eigenvalue weighted by molar-refractivity contribution is 6.30. The Morgan fingerprint density at radius 3 is 2.66 bits per heavy atom. The summed E-state index contributed by atoms with van der Waals surface area (Å²) >= 11 is 5.97. The molecule has 1 heterocycles. The minimum absolute atomic E-state index is 0.0380. The van der Waals surface area contributed by atoms with Gasteiger partial charge in [-0.2, -0.15) is 0 Å². The number of carbonyl (C=O) groups excluding carboxylic acids is 1. The molecule has 0 unspecified atom stereocenters. The molecule has 148 valence electrons. The van der Waals surface area contributed by atoms with Crippen molar-refractivity contribution in [3.05, 3.63) is 88.3 Å². The van der Waals surface area contributed by atoms with Crippen molar-refractivity contribution in [1.29, 1.82) is 0 Å². The standard InChI is InChI=1S/C21H16ClFN2O4/c1-12(13-4-2-5-14(8-13)21(27)28)25-19(26)18-9-15(22)11-24-20(18)29-17-7-3-6-16(23)10-17/h2-12H,1H3,(H,25,26)(H,27,28)/t12-/m0/s1. The largest absolute Gasteiger partial charge is 0.478 e. The Balaban J connectivity index is 1.84. The molecule has 0 bridgehead atoms. The quantitative estimate of drug-likeness (QED) is 0.601. The summed E-state index contributed by atoms with van der Waals surface area (Å²) < 4.78 is 19.0. The first-order chi connectivity index (χ1) is 13.8. The van der Waals surface area contributed by atoms with Crippen LogP contribution in [0.1, 0.15) is 39.2 Å². The third kappa shape index (κ3) is 5.08. The normalized spacial score (nSPS) is 11.6. The summed E-state index contributed by atoms with van der Waals surface area (Å²) in [6.07, 6.45) is 1.31. The molecule has 0 radical (unpaired) electrons. The third-order valence-corrected chi connectivity index (χ3v) is 4.26. The maximum Gasteiger partial charge on any atom is 0.335 e. The minimum atomic E-state index is -1.06. The molecular formula is C21H16ClFN2O4. The highest BCUT2D eigenvalue weighted by Gasteiger charge is 2.19. The smallest absolute Gasteiger partial charge is 0.335 e. The first-order valence-electron chi connectivity index (χ1n) is 8.56.